The number of rotatable bonds is 6. The fraction of sp³-hybridized carbons (Fsp3) is 0.250. The summed E-state index contributed by atoms with van der Waals surface area (Å²) in [6.45, 7) is 2.21. The van der Waals surface area contributed by atoms with Crippen LogP contribution in [0.3, 0.4) is 0 Å². The molecule has 2 aromatic carbocycles. The van der Waals surface area contributed by atoms with Gasteiger partial charge in [-0.15, -0.1) is 0 Å². The Hall–Kier alpha value is -3.46. The average molecular weight is 428 g/mol. The maximum Gasteiger partial charge on any atom is 0.263 e. The van der Waals surface area contributed by atoms with Gasteiger partial charge in [-0.1, -0.05) is 22.9 Å². The molecule has 2 aliphatic rings. The molecule has 0 aliphatic carbocycles. The Kier molecular flexibility index (Phi) is 5.37. The van der Waals surface area contributed by atoms with Gasteiger partial charge in [-0.3, -0.25) is 19.4 Å². The highest BCUT2D eigenvalue weighted by atomic mass is 35.5. The van der Waals surface area contributed by atoms with E-state index in [9.17, 15) is 14.4 Å². The third kappa shape index (κ3) is 3.71. The van der Waals surface area contributed by atoms with Gasteiger partial charge < -0.3 is 10.1 Å². The molecule has 0 radical (unpaired) electrons. The molecular weight excluding hydrogens is 410 g/mol. The molecule has 0 spiro atoms. The van der Waals surface area contributed by atoms with Crippen molar-refractivity contribution in [2.24, 2.45) is 10.3 Å². The fourth-order valence-electron chi connectivity index (χ4n) is 3.37. The van der Waals surface area contributed by atoms with Crippen LogP contribution in [0.4, 0.5) is 11.4 Å². The molecule has 1 saturated heterocycles. The lowest BCUT2D eigenvalue weighted by molar-refractivity contribution is -0.123. The van der Waals surface area contributed by atoms with Crippen molar-refractivity contribution >= 4 is 40.7 Å². The molecule has 4 rings (SSSR count). The SMILES string of the molecule is CCOc1ccc(NC(=O)CN2N=NC3C(=O)N(c4cccc(Cl)c4)C(=O)C32)cc1. The van der Waals surface area contributed by atoms with Gasteiger partial charge in [0.2, 0.25) is 5.91 Å². The number of nitrogens with one attached hydrogen (secondary N) is 1. The van der Waals surface area contributed by atoms with E-state index in [1.165, 1.54) is 11.1 Å². The minimum absolute atomic E-state index is 0.222. The minimum atomic E-state index is -0.977. The van der Waals surface area contributed by atoms with Gasteiger partial charge >= 0.3 is 0 Å². The van der Waals surface area contributed by atoms with Crippen molar-refractivity contribution in [3.63, 3.8) is 0 Å². The number of carbonyl (C=O) groups excluding carboxylic acids is 3. The van der Waals surface area contributed by atoms with Crippen LogP contribution < -0.4 is 15.0 Å². The van der Waals surface area contributed by atoms with E-state index in [0.717, 1.165) is 4.90 Å². The summed E-state index contributed by atoms with van der Waals surface area (Å²) in [5, 5.41) is 12.1. The number of fused-ring (bicyclic) bond motifs is 1. The van der Waals surface area contributed by atoms with Crippen molar-refractivity contribution in [3.8, 4) is 5.75 Å². The summed E-state index contributed by atoms with van der Waals surface area (Å²) in [4.78, 5) is 39.1. The first-order valence-corrected chi connectivity index (χ1v) is 9.69. The number of halogens is 1. The van der Waals surface area contributed by atoms with Crippen LogP contribution in [0, 0.1) is 0 Å². The molecule has 1 N–H and O–H groups in total. The molecule has 0 saturated carbocycles. The maximum atomic E-state index is 12.9. The molecule has 3 amide bonds. The van der Waals surface area contributed by atoms with Crippen molar-refractivity contribution in [1.82, 2.24) is 5.01 Å². The highest BCUT2D eigenvalue weighted by Gasteiger charge is 2.55. The zero-order valence-corrected chi connectivity index (χ0v) is 16.7. The number of ether oxygens (including phenoxy) is 1. The highest BCUT2D eigenvalue weighted by molar-refractivity contribution is 6.31. The van der Waals surface area contributed by atoms with Gasteiger partial charge in [0.15, 0.2) is 12.1 Å². The van der Waals surface area contributed by atoms with Gasteiger partial charge in [0, 0.05) is 10.7 Å². The van der Waals surface area contributed by atoms with E-state index >= 15 is 0 Å². The van der Waals surface area contributed by atoms with Crippen molar-refractivity contribution in [2.45, 2.75) is 19.0 Å². The molecule has 2 atom stereocenters. The van der Waals surface area contributed by atoms with Crippen LogP contribution in [0.2, 0.25) is 5.02 Å². The highest BCUT2D eigenvalue weighted by Crippen LogP contribution is 2.32. The summed E-state index contributed by atoms with van der Waals surface area (Å²) >= 11 is 5.98. The zero-order valence-electron chi connectivity index (χ0n) is 16.0. The van der Waals surface area contributed by atoms with Crippen molar-refractivity contribution in [2.75, 3.05) is 23.4 Å². The fourth-order valence-corrected chi connectivity index (χ4v) is 3.56. The first-order chi connectivity index (χ1) is 14.5. The third-order valence-corrected chi connectivity index (χ3v) is 4.91. The van der Waals surface area contributed by atoms with E-state index in [1.54, 1.807) is 42.5 Å². The van der Waals surface area contributed by atoms with Gasteiger partial charge in [0.1, 0.15) is 12.3 Å². The molecule has 2 unspecified atom stereocenters. The average Bonchev–Trinajstić information content (AvgIpc) is 3.23. The van der Waals surface area contributed by atoms with Crippen LogP contribution >= 0.6 is 11.6 Å². The standard InChI is InChI=1S/C20H18ClN5O4/c1-2-30-15-8-6-13(7-9-15)22-16(27)11-25-18-17(23-24-25)19(28)26(20(18)29)14-5-3-4-12(21)10-14/h3-10,17-18H,2,11H2,1H3,(H,22,27). The number of hydrogen-bond donors (Lipinski definition) is 1. The van der Waals surface area contributed by atoms with Crippen molar-refractivity contribution < 1.29 is 19.1 Å². The van der Waals surface area contributed by atoms with Gasteiger partial charge in [-0.25, -0.2) is 4.90 Å². The second-order valence-corrected chi connectivity index (χ2v) is 7.13. The predicted octanol–water partition coefficient (Wildman–Crippen LogP) is 2.67. The van der Waals surface area contributed by atoms with E-state index in [-0.39, 0.29) is 12.5 Å². The number of carbonyl (C=O) groups is 3. The smallest absolute Gasteiger partial charge is 0.263 e. The van der Waals surface area contributed by atoms with Crippen LogP contribution in [0.5, 0.6) is 5.75 Å². The lowest BCUT2D eigenvalue weighted by Crippen LogP contribution is -2.43. The number of amides is 3. The molecule has 30 heavy (non-hydrogen) atoms. The maximum absolute atomic E-state index is 12.9. The van der Waals surface area contributed by atoms with Crippen LogP contribution in [-0.4, -0.2) is 48.0 Å². The first kappa shape index (κ1) is 19.8. The molecule has 0 aromatic heterocycles. The lowest BCUT2D eigenvalue weighted by Gasteiger charge is -2.20. The van der Waals surface area contributed by atoms with E-state index in [1.807, 2.05) is 6.92 Å². The summed E-state index contributed by atoms with van der Waals surface area (Å²) in [6.07, 6.45) is 0. The summed E-state index contributed by atoms with van der Waals surface area (Å²) in [6, 6.07) is 11.4. The van der Waals surface area contributed by atoms with Crippen molar-refractivity contribution in [1.29, 1.82) is 0 Å². The number of hydrogen-bond acceptors (Lipinski definition) is 7. The summed E-state index contributed by atoms with van der Waals surface area (Å²) in [5.41, 5.74) is 0.936. The number of imide groups is 1. The quantitative estimate of drug-likeness (QED) is 0.714. The molecule has 154 valence electrons. The topological polar surface area (TPSA) is 104 Å². The number of anilines is 2. The van der Waals surface area contributed by atoms with E-state index < -0.39 is 23.9 Å². The molecule has 1 fully saturated rings. The second kappa shape index (κ2) is 8.11. The Morgan fingerprint density at radius 2 is 1.93 bits per heavy atom. The minimum Gasteiger partial charge on any atom is -0.494 e. The van der Waals surface area contributed by atoms with Gasteiger partial charge in [-0.2, -0.15) is 5.11 Å². The zero-order chi connectivity index (χ0) is 21.3. The number of nitrogens with zero attached hydrogens (tertiary/aromatic N) is 4. The normalized spacial score (nSPS) is 19.9. The Morgan fingerprint density at radius 1 is 1.17 bits per heavy atom. The Balaban J connectivity index is 1.44. The van der Waals surface area contributed by atoms with Gasteiger partial charge in [0.05, 0.1) is 12.3 Å². The lowest BCUT2D eigenvalue weighted by atomic mass is 10.1. The first-order valence-electron chi connectivity index (χ1n) is 9.31. The Bertz CT molecular complexity index is 1030. The molecule has 0 bridgehead atoms. The molecular formula is C20H18ClN5O4. The van der Waals surface area contributed by atoms with Gasteiger partial charge in [0.25, 0.3) is 11.8 Å². The van der Waals surface area contributed by atoms with Crippen LogP contribution in [0.1, 0.15) is 6.92 Å². The molecule has 2 aliphatic heterocycles. The van der Waals surface area contributed by atoms with Gasteiger partial charge in [-0.05, 0) is 49.4 Å². The van der Waals surface area contributed by atoms with E-state index in [2.05, 4.69) is 15.7 Å². The largest absolute Gasteiger partial charge is 0.494 e. The van der Waals surface area contributed by atoms with Crippen LogP contribution in [0.25, 0.3) is 0 Å². The van der Waals surface area contributed by atoms with Crippen LogP contribution in [0.15, 0.2) is 58.9 Å². The third-order valence-electron chi connectivity index (χ3n) is 4.68. The molecule has 10 heteroatoms. The monoisotopic (exact) mass is 427 g/mol. The molecule has 2 heterocycles. The summed E-state index contributed by atoms with van der Waals surface area (Å²) < 4.78 is 5.37. The second-order valence-electron chi connectivity index (χ2n) is 6.69. The predicted molar refractivity (Wildman–Crippen MR) is 109 cm³/mol. The van der Waals surface area contributed by atoms with E-state index in [4.69, 9.17) is 16.3 Å². The van der Waals surface area contributed by atoms with Crippen LogP contribution in [-0.2, 0) is 14.4 Å². The number of benzene rings is 2. The Labute approximate surface area is 177 Å². The summed E-state index contributed by atoms with van der Waals surface area (Å²) in [5.74, 6) is -0.681. The molecule has 2 aromatic rings. The van der Waals surface area contributed by atoms with Crippen molar-refractivity contribution in [3.05, 3.63) is 53.6 Å². The van der Waals surface area contributed by atoms with E-state index in [0.29, 0.717) is 28.8 Å². The summed E-state index contributed by atoms with van der Waals surface area (Å²) in [7, 11) is 0. The Morgan fingerprint density at radius 3 is 2.63 bits per heavy atom. The molecule has 9 nitrogen and oxygen atoms in total.